The number of aliphatic hydroxyl groups excluding tert-OH is 1. The fourth-order valence-corrected chi connectivity index (χ4v) is 10.9. The Bertz CT molecular complexity index is 1190. The molecule has 10 atom stereocenters. The summed E-state index contributed by atoms with van der Waals surface area (Å²) in [5.41, 5.74) is 3.04. The van der Waals surface area contributed by atoms with E-state index in [1.807, 2.05) is 24.4 Å². The summed E-state index contributed by atoms with van der Waals surface area (Å²) in [6, 6.07) is 7.56. The SMILES string of the molecule is C[C@H](CCCN[C@@H](Cc1c[nH]c2ccccc12)C(=O)O)[C@H]1CC[C@H]2[C@@H]3CC[C@@H]4C[C@H](O)CC[C@]4(C)[C@H]3CC[C@]12C. The van der Waals surface area contributed by atoms with Crippen LogP contribution in [0.25, 0.3) is 10.9 Å². The molecule has 4 fully saturated rings. The number of hydrogen-bond acceptors (Lipinski definition) is 3. The highest BCUT2D eigenvalue weighted by atomic mass is 16.4. The van der Waals surface area contributed by atoms with Crippen molar-refractivity contribution in [3.05, 3.63) is 36.0 Å². The fraction of sp³-hybridized carbons (Fsp3) is 0.743. The molecular formula is C35H52N2O3. The highest BCUT2D eigenvalue weighted by molar-refractivity contribution is 5.84. The van der Waals surface area contributed by atoms with Gasteiger partial charge in [0.2, 0.25) is 0 Å². The largest absolute Gasteiger partial charge is 0.480 e. The van der Waals surface area contributed by atoms with Gasteiger partial charge >= 0.3 is 5.97 Å². The fourth-order valence-electron chi connectivity index (χ4n) is 10.9. The smallest absolute Gasteiger partial charge is 0.321 e. The standard InChI is InChI=1S/C35H52N2O3/c1-22(7-6-18-36-32(33(39)40)19-23-21-37-31-9-5-4-8-26(23)31)28-12-13-29-27-11-10-24-20-25(38)14-16-34(24,2)30(27)15-17-35(28,29)3/h4-5,8-9,21-22,24-25,27-30,32,36-38H,6-7,10-20H2,1-3H3,(H,39,40)/t22-,24-,25-,27+,28-,29+,30+,32+,34+,35-/m1/s1. The van der Waals surface area contributed by atoms with Gasteiger partial charge in [0.1, 0.15) is 6.04 Å². The van der Waals surface area contributed by atoms with Gasteiger partial charge in [-0.1, -0.05) is 39.0 Å². The summed E-state index contributed by atoms with van der Waals surface area (Å²) < 4.78 is 0. The summed E-state index contributed by atoms with van der Waals surface area (Å²) in [6.07, 6.45) is 16.1. The van der Waals surface area contributed by atoms with Gasteiger partial charge in [-0.2, -0.15) is 0 Å². The zero-order chi connectivity index (χ0) is 28.1. The minimum atomic E-state index is -0.767. The quantitative estimate of drug-likeness (QED) is 0.250. The van der Waals surface area contributed by atoms with Crippen LogP contribution in [0.4, 0.5) is 0 Å². The molecule has 5 heteroatoms. The number of H-pyrrole nitrogens is 1. The summed E-state index contributed by atoms with van der Waals surface area (Å²) in [4.78, 5) is 15.3. The van der Waals surface area contributed by atoms with Crippen molar-refractivity contribution in [2.45, 2.75) is 110 Å². The van der Waals surface area contributed by atoms with E-state index in [9.17, 15) is 15.0 Å². The first-order chi connectivity index (χ1) is 19.2. The summed E-state index contributed by atoms with van der Waals surface area (Å²) >= 11 is 0. The van der Waals surface area contributed by atoms with Crippen molar-refractivity contribution in [1.82, 2.24) is 10.3 Å². The minimum Gasteiger partial charge on any atom is -0.480 e. The molecule has 0 bridgehead atoms. The molecule has 40 heavy (non-hydrogen) atoms. The number of carboxylic acids is 1. The van der Waals surface area contributed by atoms with Crippen molar-refractivity contribution < 1.29 is 15.0 Å². The van der Waals surface area contributed by atoms with E-state index >= 15 is 0 Å². The van der Waals surface area contributed by atoms with E-state index in [-0.39, 0.29) is 6.10 Å². The van der Waals surface area contributed by atoms with Gasteiger partial charge in [0, 0.05) is 23.5 Å². The number of carbonyl (C=O) groups is 1. The predicted molar refractivity (Wildman–Crippen MR) is 161 cm³/mol. The van der Waals surface area contributed by atoms with Gasteiger partial charge in [-0.15, -0.1) is 0 Å². The monoisotopic (exact) mass is 548 g/mol. The number of nitrogens with one attached hydrogen (secondary N) is 2. The van der Waals surface area contributed by atoms with E-state index in [1.54, 1.807) is 0 Å². The van der Waals surface area contributed by atoms with E-state index < -0.39 is 12.0 Å². The molecule has 4 aliphatic carbocycles. The molecular weight excluding hydrogens is 496 g/mol. The molecule has 6 rings (SSSR count). The second-order valence-electron chi connectivity index (χ2n) is 14.8. The van der Waals surface area contributed by atoms with E-state index in [4.69, 9.17) is 0 Å². The van der Waals surface area contributed by atoms with Crippen LogP contribution in [-0.2, 0) is 11.2 Å². The predicted octanol–water partition coefficient (Wildman–Crippen LogP) is 7.19. The molecule has 1 heterocycles. The molecule has 0 spiro atoms. The number of benzene rings is 1. The first-order valence-corrected chi connectivity index (χ1v) is 16.4. The highest BCUT2D eigenvalue weighted by Crippen LogP contribution is 2.68. The zero-order valence-corrected chi connectivity index (χ0v) is 25.0. The number of carboxylic acid groups (broad SMARTS) is 1. The topological polar surface area (TPSA) is 85.4 Å². The summed E-state index contributed by atoms with van der Waals surface area (Å²) in [5, 5.41) is 24.7. The van der Waals surface area contributed by atoms with Gasteiger partial charge in [-0.3, -0.25) is 4.79 Å². The molecule has 2 aromatic rings. The van der Waals surface area contributed by atoms with Crippen molar-refractivity contribution in [3.63, 3.8) is 0 Å². The number of aromatic amines is 1. The third-order valence-electron chi connectivity index (χ3n) is 13.0. The van der Waals surface area contributed by atoms with Crippen LogP contribution in [0.5, 0.6) is 0 Å². The first kappa shape index (κ1) is 28.3. The average molecular weight is 549 g/mol. The molecule has 5 nitrogen and oxygen atoms in total. The molecule has 1 aromatic carbocycles. The number of aliphatic hydroxyl groups is 1. The number of rotatable bonds is 9. The van der Waals surface area contributed by atoms with E-state index in [0.717, 1.165) is 71.9 Å². The van der Waals surface area contributed by atoms with Crippen molar-refractivity contribution in [1.29, 1.82) is 0 Å². The van der Waals surface area contributed by atoms with E-state index in [0.29, 0.717) is 23.2 Å². The Kier molecular flexibility index (Phi) is 7.84. The molecule has 0 unspecified atom stereocenters. The van der Waals surface area contributed by atoms with Crippen molar-refractivity contribution in [3.8, 4) is 0 Å². The molecule has 0 saturated heterocycles. The van der Waals surface area contributed by atoms with Crippen LogP contribution in [-0.4, -0.2) is 39.9 Å². The van der Waals surface area contributed by atoms with Crippen LogP contribution in [0.3, 0.4) is 0 Å². The molecule has 4 aliphatic rings. The van der Waals surface area contributed by atoms with Gasteiger partial charge < -0.3 is 20.5 Å². The molecule has 220 valence electrons. The summed E-state index contributed by atoms with van der Waals surface area (Å²) in [5.74, 6) is 4.05. The van der Waals surface area contributed by atoms with Gasteiger partial charge in [0.15, 0.2) is 0 Å². The lowest BCUT2D eigenvalue weighted by atomic mass is 9.44. The Morgan fingerprint density at radius 3 is 2.65 bits per heavy atom. The van der Waals surface area contributed by atoms with Gasteiger partial charge in [0.25, 0.3) is 0 Å². The third kappa shape index (κ3) is 4.93. The lowest BCUT2D eigenvalue weighted by Crippen LogP contribution is -2.54. The van der Waals surface area contributed by atoms with Gasteiger partial charge in [-0.05, 0) is 135 Å². The number of fused-ring (bicyclic) bond motifs is 6. The Hall–Kier alpha value is -1.85. The Balaban J connectivity index is 1.03. The Labute approximate surface area is 240 Å². The number of aromatic nitrogens is 1. The van der Waals surface area contributed by atoms with Crippen LogP contribution >= 0.6 is 0 Å². The molecule has 0 aliphatic heterocycles. The lowest BCUT2D eigenvalue weighted by Gasteiger charge is -2.61. The van der Waals surface area contributed by atoms with Crippen molar-refractivity contribution in [2.24, 2.45) is 46.3 Å². The number of hydrogen-bond donors (Lipinski definition) is 4. The molecule has 4 N–H and O–H groups in total. The second-order valence-corrected chi connectivity index (χ2v) is 14.8. The first-order valence-electron chi connectivity index (χ1n) is 16.4. The Morgan fingerprint density at radius 1 is 1.05 bits per heavy atom. The van der Waals surface area contributed by atoms with Crippen LogP contribution < -0.4 is 5.32 Å². The lowest BCUT2D eigenvalue weighted by molar-refractivity contribution is -0.139. The van der Waals surface area contributed by atoms with Crippen LogP contribution in [0.15, 0.2) is 30.5 Å². The molecule has 1 aromatic heterocycles. The molecule has 4 saturated carbocycles. The third-order valence-corrected chi connectivity index (χ3v) is 13.0. The summed E-state index contributed by atoms with van der Waals surface area (Å²) in [7, 11) is 0. The summed E-state index contributed by atoms with van der Waals surface area (Å²) in [6.45, 7) is 8.47. The minimum absolute atomic E-state index is 0.0611. The number of aliphatic carboxylic acids is 1. The maximum absolute atomic E-state index is 12.1. The van der Waals surface area contributed by atoms with Crippen molar-refractivity contribution >= 4 is 16.9 Å². The van der Waals surface area contributed by atoms with Crippen LogP contribution in [0.1, 0.15) is 97.0 Å². The van der Waals surface area contributed by atoms with Crippen molar-refractivity contribution in [2.75, 3.05) is 6.54 Å². The molecule has 0 amide bonds. The maximum Gasteiger partial charge on any atom is 0.321 e. The highest BCUT2D eigenvalue weighted by Gasteiger charge is 2.60. The molecule has 0 radical (unpaired) electrons. The zero-order valence-electron chi connectivity index (χ0n) is 25.0. The van der Waals surface area contributed by atoms with Gasteiger partial charge in [0.05, 0.1) is 6.10 Å². The second kappa shape index (κ2) is 11.1. The van der Waals surface area contributed by atoms with Crippen LogP contribution in [0, 0.1) is 46.3 Å². The van der Waals surface area contributed by atoms with Crippen LogP contribution in [0.2, 0.25) is 0 Å². The Morgan fingerprint density at radius 2 is 1.82 bits per heavy atom. The van der Waals surface area contributed by atoms with Gasteiger partial charge in [-0.25, -0.2) is 0 Å². The van der Waals surface area contributed by atoms with E-state index in [2.05, 4.69) is 37.1 Å². The number of para-hydroxylation sites is 1. The maximum atomic E-state index is 12.1. The van der Waals surface area contributed by atoms with E-state index in [1.165, 1.54) is 51.4 Å². The average Bonchev–Trinajstić information content (AvgIpc) is 3.51. The normalized spacial score (nSPS) is 38.8.